The molecule has 4 rings (SSSR count). The number of hydrogen-bond acceptors (Lipinski definition) is 7. The quantitative estimate of drug-likeness (QED) is 0.216. The standard InChI is InChI=1S/C25H28N4O3/c1-17(28-32-14-5-13-29(2)3)18-6-8-19(9-7-18)26-24-21-11-10-20(30-4)16-23(21)27-25-22(24)12-15-31-25/h6-12,15-16H,5,13-14H2,1-4H3,(H,26,27). The number of anilines is 2. The number of nitrogens with zero attached hydrogens (tertiary/aromatic N) is 3. The number of ether oxygens (including phenoxy) is 1. The predicted octanol–water partition coefficient (Wildman–Crippen LogP) is 5.43. The summed E-state index contributed by atoms with van der Waals surface area (Å²) in [6, 6.07) is 15.9. The fourth-order valence-electron chi connectivity index (χ4n) is 3.49. The van der Waals surface area contributed by atoms with Crippen molar-refractivity contribution in [2.45, 2.75) is 13.3 Å². The molecule has 0 radical (unpaired) electrons. The van der Waals surface area contributed by atoms with Gasteiger partial charge in [-0.1, -0.05) is 17.3 Å². The van der Waals surface area contributed by atoms with Gasteiger partial charge in [0.05, 0.1) is 35.7 Å². The van der Waals surface area contributed by atoms with Crippen molar-refractivity contribution in [2.24, 2.45) is 5.16 Å². The van der Waals surface area contributed by atoms with Gasteiger partial charge in [0, 0.05) is 23.7 Å². The number of oxime groups is 1. The minimum atomic E-state index is 0.583. The second-order valence-electron chi connectivity index (χ2n) is 7.88. The number of nitrogens with one attached hydrogen (secondary N) is 1. The van der Waals surface area contributed by atoms with Gasteiger partial charge in [0.2, 0.25) is 5.71 Å². The normalized spacial score (nSPS) is 12.0. The van der Waals surface area contributed by atoms with Crippen LogP contribution in [0.2, 0.25) is 0 Å². The molecule has 32 heavy (non-hydrogen) atoms. The molecule has 7 nitrogen and oxygen atoms in total. The van der Waals surface area contributed by atoms with Gasteiger partial charge in [-0.2, -0.15) is 0 Å². The maximum absolute atomic E-state index is 5.57. The largest absolute Gasteiger partial charge is 0.497 e. The van der Waals surface area contributed by atoms with Crippen LogP contribution in [0, 0.1) is 0 Å². The minimum absolute atomic E-state index is 0.583. The lowest BCUT2D eigenvalue weighted by molar-refractivity contribution is 0.135. The van der Waals surface area contributed by atoms with E-state index in [4.69, 9.17) is 14.0 Å². The van der Waals surface area contributed by atoms with Crippen LogP contribution in [0.15, 0.2) is 64.4 Å². The molecule has 0 atom stereocenters. The van der Waals surface area contributed by atoms with Crippen molar-refractivity contribution in [1.29, 1.82) is 0 Å². The van der Waals surface area contributed by atoms with Crippen LogP contribution in [0.3, 0.4) is 0 Å². The lowest BCUT2D eigenvalue weighted by Crippen LogP contribution is -2.14. The molecule has 4 aromatic rings. The van der Waals surface area contributed by atoms with Crippen LogP contribution in [-0.2, 0) is 4.84 Å². The zero-order chi connectivity index (χ0) is 22.5. The molecule has 0 fully saturated rings. The number of benzene rings is 2. The summed E-state index contributed by atoms with van der Waals surface area (Å²) in [6.07, 6.45) is 2.60. The minimum Gasteiger partial charge on any atom is -0.497 e. The molecular weight excluding hydrogens is 404 g/mol. The highest BCUT2D eigenvalue weighted by Gasteiger charge is 2.13. The van der Waals surface area contributed by atoms with Crippen molar-refractivity contribution < 1.29 is 14.0 Å². The fraction of sp³-hybridized carbons (Fsp3) is 0.280. The van der Waals surface area contributed by atoms with E-state index in [1.54, 1.807) is 13.4 Å². The number of rotatable bonds is 9. The first-order valence-corrected chi connectivity index (χ1v) is 10.6. The Morgan fingerprint density at radius 1 is 1.09 bits per heavy atom. The summed E-state index contributed by atoms with van der Waals surface area (Å²) in [4.78, 5) is 12.2. The maximum Gasteiger partial charge on any atom is 0.228 e. The zero-order valence-corrected chi connectivity index (χ0v) is 18.9. The molecule has 1 N–H and O–H groups in total. The number of aromatic nitrogens is 1. The highest BCUT2D eigenvalue weighted by atomic mass is 16.6. The summed E-state index contributed by atoms with van der Waals surface area (Å²) < 4.78 is 10.9. The van der Waals surface area contributed by atoms with Crippen LogP contribution in [0.4, 0.5) is 11.4 Å². The van der Waals surface area contributed by atoms with Crippen molar-refractivity contribution in [3.63, 3.8) is 0 Å². The van der Waals surface area contributed by atoms with Crippen LogP contribution in [0.5, 0.6) is 5.75 Å². The Kier molecular flexibility index (Phi) is 6.56. The van der Waals surface area contributed by atoms with Crippen molar-refractivity contribution in [3.05, 3.63) is 60.4 Å². The zero-order valence-electron chi connectivity index (χ0n) is 18.9. The number of pyridine rings is 1. The molecule has 0 aliphatic rings. The van der Waals surface area contributed by atoms with Gasteiger partial charge >= 0.3 is 0 Å². The van der Waals surface area contributed by atoms with Gasteiger partial charge < -0.3 is 24.2 Å². The van der Waals surface area contributed by atoms with E-state index in [0.717, 1.165) is 57.7 Å². The van der Waals surface area contributed by atoms with E-state index < -0.39 is 0 Å². The molecule has 0 saturated heterocycles. The molecule has 0 bridgehead atoms. The van der Waals surface area contributed by atoms with Crippen molar-refractivity contribution in [1.82, 2.24) is 9.88 Å². The average Bonchev–Trinajstić information content (AvgIpc) is 3.26. The highest BCUT2D eigenvalue weighted by molar-refractivity contribution is 6.07. The number of methoxy groups -OCH3 is 1. The van der Waals surface area contributed by atoms with E-state index in [0.29, 0.717) is 12.3 Å². The van der Waals surface area contributed by atoms with Gasteiger partial charge in [-0.3, -0.25) is 0 Å². The van der Waals surface area contributed by atoms with Gasteiger partial charge in [-0.25, -0.2) is 4.98 Å². The second-order valence-corrected chi connectivity index (χ2v) is 7.88. The Morgan fingerprint density at radius 3 is 2.66 bits per heavy atom. The summed E-state index contributed by atoms with van der Waals surface area (Å²) in [5.41, 5.74) is 5.16. The summed E-state index contributed by atoms with van der Waals surface area (Å²) in [6.45, 7) is 3.54. The molecule has 2 aromatic carbocycles. The Bertz CT molecular complexity index is 1230. The Hall–Kier alpha value is -3.58. The molecule has 0 aliphatic carbocycles. The van der Waals surface area contributed by atoms with Gasteiger partial charge in [-0.15, -0.1) is 0 Å². The van der Waals surface area contributed by atoms with E-state index in [-0.39, 0.29) is 0 Å². The third-order valence-corrected chi connectivity index (χ3v) is 5.22. The SMILES string of the molecule is COc1ccc2c(Nc3ccc(C(C)=NOCCCN(C)C)cc3)c3ccoc3nc2c1. The fourth-order valence-corrected chi connectivity index (χ4v) is 3.49. The van der Waals surface area contributed by atoms with Crippen molar-refractivity contribution in [2.75, 3.05) is 39.7 Å². The molecule has 7 heteroatoms. The highest BCUT2D eigenvalue weighted by Crippen LogP contribution is 2.35. The van der Waals surface area contributed by atoms with Crippen LogP contribution < -0.4 is 10.1 Å². The summed E-state index contributed by atoms with van der Waals surface area (Å²) in [5.74, 6) is 0.755. The number of furan rings is 1. The Labute approximate surface area is 187 Å². The Morgan fingerprint density at radius 2 is 1.91 bits per heavy atom. The molecule has 0 amide bonds. The molecule has 2 aromatic heterocycles. The summed E-state index contributed by atoms with van der Waals surface area (Å²) in [7, 11) is 5.74. The first-order valence-electron chi connectivity index (χ1n) is 10.6. The van der Waals surface area contributed by atoms with Gasteiger partial charge in [0.15, 0.2) is 0 Å². The molecule has 2 heterocycles. The van der Waals surface area contributed by atoms with Crippen LogP contribution >= 0.6 is 0 Å². The van der Waals surface area contributed by atoms with Crippen molar-refractivity contribution in [3.8, 4) is 5.75 Å². The van der Waals surface area contributed by atoms with E-state index in [9.17, 15) is 0 Å². The van der Waals surface area contributed by atoms with E-state index in [2.05, 4.69) is 20.4 Å². The third-order valence-electron chi connectivity index (χ3n) is 5.22. The molecule has 0 saturated carbocycles. The first kappa shape index (κ1) is 21.6. The number of hydrogen-bond donors (Lipinski definition) is 1. The second kappa shape index (κ2) is 9.70. The predicted molar refractivity (Wildman–Crippen MR) is 129 cm³/mol. The van der Waals surface area contributed by atoms with E-state index in [1.807, 2.05) is 69.6 Å². The maximum atomic E-state index is 5.57. The molecule has 166 valence electrons. The van der Waals surface area contributed by atoms with E-state index in [1.165, 1.54) is 0 Å². The summed E-state index contributed by atoms with van der Waals surface area (Å²) >= 11 is 0. The molecule has 0 unspecified atom stereocenters. The van der Waals surface area contributed by atoms with Crippen LogP contribution in [-0.4, -0.2) is 50.0 Å². The first-order chi connectivity index (χ1) is 15.5. The topological polar surface area (TPSA) is 72.1 Å². The van der Waals surface area contributed by atoms with E-state index >= 15 is 0 Å². The Balaban J connectivity index is 1.53. The number of fused-ring (bicyclic) bond motifs is 2. The smallest absolute Gasteiger partial charge is 0.228 e. The average molecular weight is 433 g/mol. The lowest BCUT2D eigenvalue weighted by atomic mass is 10.1. The van der Waals surface area contributed by atoms with Crippen LogP contribution in [0.1, 0.15) is 18.9 Å². The van der Waals surface area contributed by atoms with Crippen LogP contribution in [0.25, 0.3) is 22.0 Å². The third kappa shape index (κ3) is 4.84. The lowest BCUT2D eigenvalue weighted by Gasteiger charge is -2.12. The molecular formula is C25H28N4O3. The molecule has 0 aliphatic heterocycles. The van der Waals surface area contributed by atoms with Gasteiger partial charge in [-0.05, 0) is 63.3 Å². The monoisotopic (exact) mass is 432 g/mol. The summed E-state index contributed by atoms with van der Waals surface area (Å²) in [5, 5.41) is 9.69. The van der Waals surface area contributed by atoms with Crippen molar-refractivity contribution >= 4 is 39.1 Å². The van der Waals surface area contributed by atoms with Gasteiger partial charge in [0.25, 0.3) is 0 Å². The van der Waals surface area contributed by atoms with Gasteiger partial charge in [0.1, 0.15) is 12.4 Å². The molecule has 0 spiro atoms.